The number of rotatable bonds is 7. The number of benzene rings is 8. The summed E-state index contributed by atoms with van der Waals surface area (Å²) in [6.45, 7) is 0. The van der Waals surface area contributed by atoms with Gasteiger partial charge in [-0.15, -0.1) is 0 Å². The zero-order valence-corrected chi connectivity index (χ0v) is 32.4. The van der Waals surface area contributed by atoms with Gasteiger partial charge < -0.3 is 0 Å². The minimum absolute atomic E-state index is 0.609. The molecule has 11 rings (SSSR count). The van der Waals surface area contributed by atoms with Crippen molar-refractivity contribution in [2.45, 2.75) is 0 Å². The Hall–Kier alpha value is -7.74. The van der Waals surface area contributed by atoms with Crippen molar-refractivity contribution >= 4 is 44.4 Å². The van der Waals surface area contributed by atoms with Gasteiger partial charge in [-0.1, -0.05) is 170 Å². The third-order valence-corrected chi connectivity index (χ3v) is 11.4. The van der Waals surface area contributed by atoms with Crippen molar-refractivity contribution in [3.8, 4) is 78.8 Å². The van der Waals surface area contributed by atoms with Crippen molar-refractivity contribution in [3.63, 3.8) is 0 Å². The third kappa shape index (κ3) is 6.49. The lowest BCUT2D eigenvalue weighted by molar-refractivity contribution is 1.07. The van der Waals surface area contributed by atoms with E-state index >= 15 is 0 Å². The molecule has 0 bridgehead atoms. The highest BCUT2D eigenvalue weighted by Crippen LogP contribution is 2.37. The van der Waals surface area contributed by atoms with E-state index in [2.05, 4.69) is 179 Å². The van der Waals surface area contributed by atoms with Crippen LogP contribution in [-0.2, 0) is 0 Å². The summed E-state index contributed by atoms with van der Waals surface area (Å²) >= 11 is 1.24. The van der Waals surface area contributed by atoms with Crippen LogP contribution < -0.4 is 0 Å². The van der Waals surface area contributed by atoms with E-state index < -0.39 is 0 Å². The van der Waals surface area contributed by atoms with Crippen LogP contribution in [0, 0.1) is 0 Å². The second-order valence-electron chi connectivity index (χ2n) is 14.4. The molecule has 0 atom stereocenters. The first kappa shape index (κ1) is 34.5. The van der Waals surface area contributed by atoms with E-state index in [4.69, 9.17) is 19.9 Å². The van der Waals surface area contributed by atoms with E-state index in [1.807, 2.05) is 24.3 Å². The van der Waals surface area contributed by atoms with E-state index in [0.29, 0.717) is 17.5 Å². The first-order valence-corrected chi connectivity index (χ1v) is 20.2. The molecule has 276 valence electrons. The first-order valence-electron chi connectivity index (χ1n) is 19.4. The van der Waals surface area contributed by atoms with Crippen molar-refractivity contribution in [2.24, 2.45) is 0 Å². The highest BCUT2D eigenvalue weighted by atomic mass is 32.1. The first-order chi connectivity index (χ1) is 29.2. The van der Waals surface area contributed by atoms with Gasteiger partial charge in [0.1, 0.15) is 11.0 Å². The SMILES string of the molecule is c1ccc(-c2ccc(-c3nc(-c4ccc(-c5ccccc5)cc4)nc(-c4cccc(-c5ccc(-c6nc7ccccc7c7c6ccc6nsnc67)cc5)c4)n3)cc2)cc1. The molecule has 0 N–H and O–H groups in total. The summed E-state index contributed by atoms with van der Waals surface area (Å²) in [5.41, 5.74) is 14.2. The van der Waals surface area contributed by atoms with Crippen LogP contribution in [-0.4, -0.2) is 28.7 Å². The maximum Gasteiger partial charge on any atom is 0.164 e. The maximum absolute atomic E-state index is 5.16. The van der Waals surface area contributed by atoms with Gasteiger partial charge in [0, 0.05) is 38.4 Å². The number of nitrogens with zero attached hydrogens (tertiary/aromatic N) is 6. The van der Waals surface area contributed by atoms with Crippen LogP contribution >= 0.6 is 11.7 Å². The molecule has 59 heavy (non-hydrogen) atoms. The highest BCUT2D eigenvalue weighted by Gasteiger charge is 2.17. The number of pyridine rings is 1. The molecule has 3 aromatic heterocycles. The van der Waals surface area contributed by atoms with E-state index in [-0.39, 0.29) is 0 Å². The largest absolute Gasteiger partial charge is 0.247 e. The minimum atomic E-state index is 0.609. The normalized spacial score (nSPS) is 11.4. The van der Waals surface area contributed by atoms with Crippen molar-refractivity contribution in [3.05, 3.63) is 194 Å². The Labute approximate surface area is 344 Å². The monoisotopic (exact) mass is 772 g/mol. The Morgan fingerprint density at radius 1 is 0.288 bits per heavy atom. The van der Waals surface area contributed by atoms with Crippen molar-refractivity contribution in [1.82, 2.24) is 28.7 Å². The molecule has 11 aromatic rings. The fourth-order valence-corrected chi connectivity index (χ4v) is 8.35. The minimum Gasteiger partial charge on any atom is -0.247 e. The zero-order chi connectivity index (χ0) is 39.1. The summed E-state index contributed by atoms with van der Waals surface area (Å²) in [5.74, 6) is 1.84. The van der Waals surface area contributed by atoms with Gasteiger partial charge in [0.2, 0.25) is 0 Å². The van der Waals surface area contributed by atoms with Gasteiger partial charge >= 0.3 is 0 Å². The smallest absolute Gasteiger partial charge is 0.164 e. The predicted molar refractivity (Wildman–Crippen MR) is 242 cm³/mol. The van der Waals surface area contributed by atoms with Gasteiger partial charge in [-0.05, 0) is 57.6 Å². The maximum atomic E-state index is 5.16. The average Bonchev–Trinajstić information content (AvgIpc) is 3.81. The Morgan fingerprint density at radius 3 is 1.39 bits per heavy atom. The lowest BCUT2D eigenvalue weighted by Gasteiger charge is -2.12. The van der Waals surface area contributed by atoms with E-state index in [1.165, 1.54) is 11.7 Å². The summed E-state index contributed by atoms with van der Waals surface area (Å²) in [5, 5.41) is 3.23. The van der Waals surface area contributed by atoms with Gasteiger partial charge in [-0.25, -0.2) is 19.9 Å². The number of hydrogen-bond donors (Lipinski definition) is 0. The van der Waals surface area contributed by atoms with Crippen LogP contribution in [0.4, 0.5) is 0 Å². The third-order valence-electron chi connectivity index (χ3n) is 10.8. The molecule has 0 spiro atoms. The number of fused-ring (bicyclic) bond motifs is 5. The van der Waals surface area contributed by atoms with E-state index in [9.17, 15) is 0 Å². The summed E-state index contributed by atoms with van der Waals surface area (Å²) in [7, 11) is 0. The van der Waals surface area contributed by atoms with Crippen LogP contribution in [0.3, 0.4) is 0 Å². The molecule has 3 heterocycles. The molecule has 0 radical (unpaired) electrons. The zero-order valence-electron chi connectivity index (χ0n) is 31.6. The van der Waals surface area contributed by atoms with Crippen LogP contribution in [0.25, 0.3) is 112 Å². The standard InChI is InChI=1S/C52H32N6S/c1-3-10-33(11-4-1)35-20-26-39(27-21-35)50-54-51(40-28-22-36(23-29-40)34-12-5-2-6-13-34)56-52(55-50)42-15-9-14-41(32-42)37-18-24-38(25-19-37)48-44-30-31-46-49(58-59-57-46)47(44)43-16-7-8-17-45(43)53-48/h1-32H. The van der Waals surface area contributed by atoms with Crippen molar-refractivity contribution in [1.29, 1.82) is 0 Å². The van der Waals surface area contributed by atoms with Crippen LogP contribution in [0.5, 0.6) is 0 Å². The molecular weight excluding hydrogens is 741 g/mol. The quantitative estimate of drug-likeness (QED) is 0.150. The Morgan fingerprint density at radius 2 is 0.763 bits per heavy atom. The molecule has 0 aliphatic heterocycles. The van der Waals surface area contributed by atoms with E-state index in [0.717, 1.165) is 94.0 Å². The molecule has 0 fully saturated rings. The molecular formula is C52H32N6S. The summed E-state index contributed by atoms with van der Waals surface area (Å²) in [6, 6.07) is 67.1. The fraction of sp³-hybridized carbons (Fsp3) is 0. The van der Waals surface area contributed by atoms with Gasteiger partial charge in [0.25, 0.3) is 0 Å². The molecule has 0 unspecified atom stereocenters. The average molecular weight is 773 g/mol. The number of aromatic nitrogens is 6. The molecule has 8 aromatic carbocycles. The Kier molecular flexibility index (Phi) is 8.56. The lowest BCUT2D eigenvalue weighted by Crippen LogP contribution is -2.00. The number of para-hydroxylation sites is 1. The van der Waals surface area contributed by atoms with Crippen LogP contribution in [0.2, 0.25) is 0 Å². The molecule has 6 nitrogen and oxygen atoms in total. The van der Waals surface area contributed by atoms with Gasteiger partial charge in [-0.2, -0.15) is 8.75 Å². The summed E-state index contributed by atoms with van der Waals surface area (Å²) in [6.07, 6.45) is 0. The van der Waals surface area contributed by atoms with Gasteiger partial charge in [-0.3, -0.25) is 0 Å². The second-order valence-corrected chi connectivity index (χ2v) is 15.0. The molecule has 7 heteroatoms. The lowest BCUT2D eigenvalue weighted by atomic mass is 9.97. The Balaban J connectivity index is 0.972. The molecule has 0 amide bonds. The second kappa shape index (κ2) is 14.6. The highest BCUT2D eigenvalue weighted by molar-refractivity contribution is 7.00. The Bertz CT molecular complexity index is 3190. The van der Waals surface area contributed by atoms with Crippen molar-refractivity contribution in [2.75, 3.05) is 0 Å². The molecule has 0 saturated carbocycles. The topological polar surface area (TPSA) is 77.3 Å². The summed E-state index contributed by atoms with van der Waals surface area (Å²) < 4.78 is 9.20. The van der Waals surface area contributed by atoms with Crippen LogP contribution in [0.15, 0.2) is 194 Å². The van der Waals surface area contributed by atoms with Gasteiger partial charge in [0.15, 0.2) is 17.5 Å². The number of hydrogen-bond acceptors (Lipinski definition) is 7. The molecule has 0 saturated heterocycles. The predicted octanol–water partition coefficient (Wildman–Crippen LogP) is 13.2. The van der Waals surface area contributed by atoms with E-state index in [1.54, 1.807) is 0 Å². The van der Waals surface area contributed by atoms with Crippen molar-refractivity contribution < 1.29 is 0 Å². The molecule has 0 aliphatic rings. The molecule has 0 aliphatic carbocycles. The summed E-state index contributed by atoms with van der Waals surface area (Å²) in [4.78, 5) is 20.4. The van der Waals surface area contributed by atoms with Gasteiger partial charge in [0.05, 0.1) is 22.9 Å². The van der Waals surface area contributed by atoms with Crippen LogP contribution in [0.1, 0.15) is 0 Å². The fourth-order valence-electron chi connectivity index (χ4n) is 7.81.